The molecular weight excluding hydrogens is 378 g/mol. The van der Waals surface area contributed by atoms with E-state index in [1.807, 2.05) is 6.07 Å². The van der Waals surface area contributed by atoms with Gasteiger partial charge in [-0.2, -0.15) is 4.31 Å². The molecule has 2 aromatic rings. The molecule has 0 bridgehead atoms. The summed E-state index contributed by atoms with van der Waals surface area (Å²) in [5.41, 5.74) is 1.24. The minimum absolute atomic E-state index is 0.0578. The zero-order chi connectivity index (χ0) is 19.7. The van der Waals surface area contributed by atoms with Crippen molar-refractivity contribution in [2.45, 2.75) is 17.7 Å². The lowest BCUT2D eigenvalue weighted by atomic mass is 9.97. The highest BCUT2D eigenvalue weighted by Gasteiger charge is 2.37. The largest absolute Gasteiger partial charge is 0.323 e. The van der Waals surface area contributed by atoms with Gasteiger partial charge in [-0.15, -0.1) is 0 Å². The van der Waals surface area contributed by atoms with Crippen LogP contribution >= 0.6 is 0 Å². The molecule has 1 unspecified atom stereocenters. The summed E-state index contributed by atoms with van der Waals surface area (Å²) in [6.45, 7) is 0.451. The normalized spacial score (nSPS) is 20.4. The van der Waals surface area contributed by atoms with E-state index < -0.39 is 15.9 Å². The average Bonchev–Trinajstić information content (AvgIpc) is 2.73. The van der Waals surface area contributed by atoms with Crippen LogP contribution in [0.25, 0.3) is 0 Å². The molecule has 146 valence electrons. The Bertz CT molecular complexity index is 1010. The number of amides is 2. The molecule has 1 fully saturated rings. The molecule has 2 heterocycles. The number of piperidine rings is 1. The maximum absolute atomic E-state index is 13.2. The summed E-state index contributed by atoms with van der Waals surface area (Å²) >= 11 is 0. The van der Waals surface area contributed by atoms with Gasteiger partial charge in [-0.3, -0.25) is 9.59 Å². The van der Waals surface area contributed by atoms with Gasteiger partial charge in [0.1, 0.15) is 6.54 Å². The van der Waals surface area contributed by atoms with Crippen LogP contribution in [0.1, 0.15) is 12.8 Å². The lowest BCUT2D eigenvalue weighted by Crippen LogP contribution is -2.50. The van der Waals surface area contributed by atoms with Gasteiger partial charge in [-0.1, -0.05) is 30.3 Å². The average molecular weight is 399 g/mol. The van der Waals surface area contributed by atoms with Crippen LogP contribution in [0.3, 0.4) is 0 Å². The third-order valence-electron chi connectivity index (χ3n) is 5.15. The fraction of sp³-hybridized carbons (Fsp3) is 0.300. The molecule has 1 N–H and O–H groups in total. The Kier molecular flexibility index (Phi) is 4.91. The van der Waals surface area contributed by atoms with E-state index in [0.717, 1.165) is 0 Å². The fourth-order valence-corrected chi connectivity index (χ4v) is 5.30. The van der Waals surface area contributed by atoms with Crippen LogP contribution in [-0.2, 0) is 19.6 Å². The molecule has 0 radical (unpaired) electrons. The second-order valence-electron chi connectivity index (χ2n) is 7.00. The lowest BCUT2D eigenvalue weighted by Gasteiger charge is -2.36. The molecule has 4 rings (SSSR count). The van der Waals surface area contributed by atoms with Gasteiger partial charge in [0, 0.05) is 13.1 Å². The molecule has 0 spiro atoms. The predicted octanol–water partition coefficient (Wildman–Crippen LogP) is 2.07. The SMILES string of the molecule is O=C1CN(C(=O)C2CCCN(S(=O)(=O)c3ccccc3)C2)c2ccccc2N1. The smallest absolute Gasteiger partial charge is 0.244 e. The summed E-state index contributed by atoms with van der Waals surface area (Å²) in [5, 5.41) is 2.76. The van der Waals surface area contributed by atoms with Crippen molar-refractivity contribution >= 4 is 33.2 Å². The monoisotopic (exact) mass is 399 g/mol. The third-order valence-corrected chi connectivity index (χ3v) is 7.03. The van der Waals surface area contributed by atoms with Crippen molar-refractivity contribution in [1.29, 1.82) is 0 Å². The number of carbonyl (C=O) groups is 2. The number of nitrogens with one attached hydrogen (secondary N) is 1. The number of fused-ring (bicyclic) bond motifs is 1. The summed E-state index contributed by atoms with van der Waals surface area (Å²) in [6.07, 6.45) is 1.20. The number of hydrogen-bond acceptors (Lipinski definition) is 4. The molecular formula is C20H21N3O4S. The zero-order valence-electron chi connectivity index (χ0n) is 15.2. The highest BCUT2D eigenvalue weighted by Crippen LogP contribution is 2.32. The van der Waals surface area contributed by atoms with E-state index in [-0.39, 0.29) is 29.8 Å². The van der Waals surface area contributed by atoms with Crippen LogP contribution in [-0.4, -0.2) is 44.2 Å². The van der Waals surface area contributed by atoms with Crippen LogP contribution in [0.5, 0.6) is 0 Å². The number of anilines is 2. The minimum Gasteiger partial charge on any atom is -0.323 e. The molecule has 28 heavy (non-hydrogen) atoms. The number of benzene rings is 2. The topological polar surface area (TPSA) is 86.8 Å². The molecule has 7 nitrogen and oxygen atoms in total. The van der Waals surface area contributed by atoms with E-state index in [2.05, 4.69) is 5.32 Å². The van der Waals surface area contributed by atoms with Gasteiger partial charge in [0.15, 0.2) is 0 Å². The number of nitrogens with zero attached hydrogens (tertiary/aromatic N) is 2. The van der Waals surface area contributed by atoms with Crippen LogP contribution in [0.4, 0.5) is 11.4 Å². The van der Waals surface area contributed by atoms with Gasteiger partial charge in [0.25, 0.3) is 0 Å². The quantitative estimate of drug-likeness (QED) is 0.856. The maximum atomic E-state index is 13.2. The first-order chi connectivity index (χ1) is 13.5. The summed E-state index contributed by atoms with van der Waals surface area (Å²) in [7, 11) is -3.65. The number of carbonyl (C=O) groups excluding carboxylic acids is 2. The van der Waals surface area contributed by atoms with E-state index in [0.29, 0.717) is 30.8 Å². The number of rotatable bonds is 3. The van der Waals surface area contributed by atoms with E-state index in [1.54, 1.807) is 48.5 Å². The van der Waals surface area contributed by atoms with Gasteiger partial charge < -0.3 is 10.2 Å². The Hall–Kier alpha value is -2.71. The van der Waals surface area contributed by atoms with E-state index in [4.69, 9.17) is 0 Å². The molecule has 2 aromatic carbocycles. The molecule has 0 saturated carbocycles. The van der Waals surface area contributed by atoms with E-state index in [9.17, 15) is 18.0 Å². The molecule has 1 atom stereocenters. The third kappa shape index (κ3) is 3.41. The van der Waals surface area contributed by atoms with Gasteiger partial charge in [-0.25, -0.2) is 8.42 Å². The van der Waals surface area contributed by atoms with E-state index in [1.165, 1.54) is 9.21 Å². The number of sulfonamides is 1. The highest BCUT2D eigenvalue weighted by atomic mass is 32.2. The Morgan fingerprint density at radius 3 is 2.54 bits per heavy atom. The first-order valence-corrected chi connectivity index (χ1v) is 10.7. The van der Waals surface area contributed by atoms with Crippen molar-refractivity contribution in [3.8, 4) is 0 Å². The molecule has 8 heteroatoms. The summed E-state index contributed by atoms with van der Waals surface area (Å²) in [5.74, 6) is -0.946. The van der Waals surface area contributed by atoms with E-state index >= 15 is 0 Å². The summed E-state index contributed by atoms with van der Waals surface area (Å²) in [4.78, 5) is 26.9. The molecule has 1 saturated heterocycles. The Balaban J connectivity index is 1.57. The number of hydrogen-bond donors (Lipinski definition) is 1. The van der Waals surface area contributed by atoms with Crippen LogP contribution < -0.4 is 10.2 Å². The van der Waals surface area contributed by atoms with Gasteiger partial charge >= 0.3 is 0 Å². The fourth-order valence-electron chi connectivity index (χ4n) is 3.75. The van der Waals surface area contributed by atoms with Crippen LogP contribution in [0, 0.1) is 5.92 Å². The molecule has 2 amide bonds. The Morgan fingerprint density at radius 1 is 1.04 bits per heavy atom. The van der Waals surface area contributed by atoms with Crippen LogP contribution in [0.2, 0.25) is 0 Å². The first kappa shape index (κ1) is 18.6. The second-order valence-corrected chi connectivity index (χ2v) is 8.94. The Labute approximate surface area is 164 Å². The van der Waals surface area contributed by atoms with Crippen molar-refractivity contribution in [3.05, 3.63) is 54.6 Å². The van der Waals surface area contributed by atoms with Crippen molar-refractivity contribution in [2.24, 2.45) is 5.92 Å². The Morgan fingerprint density at radius 2 is 1.75 bits per heavy atom. The van der Waals surface area contributed by atoms with Crippen LogP contribution in [0.15, 0.2) is 59.5 Å². The maximum Gasteiger partial charge on any atom is 0.244 e. The van der Waals surface area contributed by atoms with Crippen molar-refractivity contribution in [2.75, 3.05) is 29.9 Å². The number of para-hydroxylation sites is 2. The highest BCUT2D eigenvalue weighted by molar-refractivity contribution is 7.89. The van der Waals surface area contributed by atoms with Crippen molar-refractivity contribution in [3.63, 3.8) is 0 Å². The summed E-state index contributed by atoms with van der Waals surface area (Å²) < 4.78 is 27.2. The molecule has 2 aliphatic heterocycles. The second kappa shape index (κ2) is 7.37. The molecule has 0 aliphatic carbocycles. The standard InChI is InChI=1S/C20H21N3O4S/c24-19-14-23(18-11-5-4-10-17(18)21-19)20(25)15-7-6-12-22(13-15)28(26,27)16-8-2-1-3-9-16/h1-5,8-11,15H,6-7,12-14H2,(H,21,24). The lowest BCUT2D eigenvalue weighted by molar-refractivity contribution is -0.125. The summed E-state index contributed by atoms with van der Waals surface area (Å²) in [6, 6.07) is 15.4. The van der Waals surface area contributed by atoms with Crippen molar-refractivity contribution in [1.82, 2.24) is 4.31 Å². The molecule has 2 aliphatic rings. The van der Waals surface area contributed by atoms with Gasteiger partial charge in [0.05, 0.1) is 22.2 Å². The van der Waals surface area contributed by atoms with Gasteiger partial charge in [-0.05, 0) is 37.1 Å². The van der Waals surface area contributed by atoms with Crippen molar-refractivity contribution < 1.29 is 18.0 Å². The predicted molar refractivity (Wildman–Crippen MR) is 105 cm³/mol. The zero-order valence-corrected chi connectivity index (χ0v) is 16.1. The first-order valence-electron chi connectivity index (χ1n) is 9.22. The van der Waals surface area contributed by atoms with Gasteiger partial charge in [0.2, 0.25) is 21.8 Å². The minimum atomic E-state index is -3.65. The molecule has 0 aromatic heterocycles.